The first-order chi connectivity index (χ1) is 9.45. The number of ether oxygens (including phenoxy) is 1. The minimum Gasteiger partial charge on any atom is -0.480 e. The fourth-order valence-corrected chi connectivity index (χ4v) is 2.26. The second-order valence-corrected chi connectivity index (χ2v) is 5.48. The van der Waals surface area contributed by atoms with Crippen molar-refractivity contribution in [3.63, 3.8) is 0 Å². The molecule has 20 heavy (non-hydrogen) atoms. The van der Waals surface area contributed by atoms with Crippen LogP contribution in [0, 0.1) is 5.41 Å². The second kappa shape index (κ2) is 5.66. The Balaban J connectivity index is 2.32. The molecule has 1 aromatic carbocycles. The van der Waals surface area contributed by atoms with Gasteiger partial charge < -0.3 is 9.84 Å². The van der Waals surface area contributed by atoms with Crippen molar-refractivity contribution in [2.75, 3.05) is 6.26 Å². The van der Waals surface area contributed by atoms with Gasteiger partial charge in [0.2, 0.25) is 5.90 Å². The molecule has 0 amide bonds. The van der Waals surface area contributed by atoms with Crippen molar-refractivity contribution in [1.82, 2.24) is 0 Å². The standard InChI is InChI=1S/C14H14FNO3S/c1-14(13(17)18)7-9(15)8-16-12(14)19-10-4-3-5-11(6-10)20-2/h3-6,8H,7H2,1-2H3,(H,17,18). The van der Waals surface area contributed by atoms with E-state index < -0.39 is 17.2 Å². The van der Waals surface area contributed by atoms with Gasteiger partial charge >= 0.3 is 5.97 Å². The third-order valence-electron chi connectivity index (χ3n) is 3.04. The van der Waals surface area contributed by atoms with E-state index >= 15 is 0 Å². The number of aliphatic carboxylic acids is 1. The minimum atomic E-state index is -1.49. The first kappa shape index (κ1) is 14.6. The number of nitrogens with zero attached hydrogens (tertiary/aromatic N) is 1. The zero-order valence-corrected chi connectivity index (χ0v) is 11.9. The molecule has 6 heteroatoms. The Morgan fingerprint density at radius 3 is 2.95 bits per heavy atom. The third-order valence-corrected chi connectivity index (χ3v) is 3.77. The van der Waals surface area contributed by atoms with E-state index in [-0.39, 0.29) is 12.3 Å². The van der Waals surface area contributed by atoms with Crippen molar-refractivity contribution in [1.29, 1.82) is 0 Å². The SMILES string of the molecule is CSc1cccc(OC2=NC=C(F)CC2(C)C(=O)O)c1. The number of aliphatic imine (C=N–C) groups is 1. The number of carboxylic acids is 1. The van der Waals surface area contributed by atoms with E-state index in [0.717, 1.165) is 11.1 Å². The van der Waals surface area contributed by atoms with Crippen LogP contribution in [-0.4, -0.2) is 23.2 Å². The number of allylic oxidation sites excluding steroid dienone is 1. The van der Waals surface area contributed by atoms with Crippen LogP contribution in [0.15, 0.2) is 46.2 Å². The molecule has 1 atom stereocenters. The number of carbonyl (C=O) groups is 1. The van der Waals surface area contributed by atoms with Crippen LogP contribution in [-0.2, 0) is 4.79 Å². The molecule has 0 fully saturated rings. The summed E-state index contributed by atoms with van der Waals surface area (Å²) in [7, 11) is 0. The van der Waals surface area contributed by atoms with E-state index in [4.69, 9.17) is 4.74 Å². The lowest BCUT2D eigenvalue weighted by Crippen LogP contribution is -2.41. The van der Waals surface area contributed by atoms with E-state index in [1.165, 1.54) is 6.92 Å². The maximum atomic E-state index is 13.3. The Hall–Kier alpha value is -1.82. The van der Waals surface area contributed by atoms with Crippen molar-refractivity contribution in [3.8, 4) is 5.75 Å². The number of rotatable bonds is 3. The highest BCUT2D eigenvalue weighted by molar-refractivity contribution is 7.98. The van der Waals surface area contributed by atoms with Gasteiger partial charge in [-0.05, 0) is 31.4 Å². The van der Waals surface area contributed by atoms with Gasteiger partial charge in [0.1, 0.15) is 17.0 Å². The highest BCUT2D eigenvalue weighted by Crippen LogP contribution is 2.34. The number of benzene rings is 1. The molecule has 1 aliphatic rings. The van der Waals surface area contributed by atoms with Crippen LogP contribution >= 0.6 is 11.8 Å². The van der Waals surface area contributed by atoms with E-state index in [1.54, 1.807) is 30.0 Å². The number of hydrogen-bond acceptors (Lipinski definition) is 4. The molecule has 0 aliphatic carbocycles. The van der Waals surface area contributed by atoms with Crippen LogP contribution in [0.2, 0.25) is 0 Å². The van der Waals surface area contributed by atoms with Crippen molar-refractivity contribution >= 4 is 23.6 Å². The van der Waals surface area contributed by atoms with Crippen LogP contribution in [0.4, 0.5) is 4.39 Å². The normalized spacial score (nSPS) is 21.9. The van der Waals surface area contributed by atoms with Crippen LogP contribution in [0.5, 0.6) is 5.75 Å². The molecule has 106 valence electrons. The number of carboxylic acid groups (broad SMARTS) is 1. The summed E-state index contributed by atoms with van der Waals surface area (Å²) in [6.45, 7) is 1.40. The molecular weight excluding hydrogens is 281 g/mol. The molecule has 0 bridgehead atoms. The van der Waals surface area contributed by atoms with Gasteiger partial charge in [0.25, 0.3) is 0 Å². The highest BCUT2D eigenvalue weighted by Gasteiger charge is 2.44. The molecule has 1 unspecified atom stereocenters. The Morgan fingerprint density at radius 1 is 1.55 bits per heavy atom. The Bertz CT molecular complexity index is 600. The summed E-state index contributed by atoms with van der Waals surface area (Å²) >= 11 is 1.54. The predicted octanol–water partition coefficient (Wildman–Crippen LogP) is 3.49. The number of halogens is 1. The zero-order chi connectivity index (χ0) is 14.8. The molecule has 0 aromatic heterocycles. The third kappa shape index (κ3) is 2.85. The van der Waals surface area contributed by atoms with Gasteiger partial charge in [0.15, 0.2) is 0 Å². The predicted molar refractivity (Wildman–Crippen MR) is 75.8 cm³/mol. The Kier molecular flexibility index (Phi) is 4.13. The van der Waals surface area contributed by atoms with Gasteiger partial charge in [-0.2, -0.15) is 0 Å². The lowest BCUT2D eigenvalue weighted by atomic mass is 9.85. The summed E-state index contributed by atoms with van der Waals surface area (Å²) in [6.07, 6.45) is 2.67. The van der Waals surface area contributed by atoms with Gasteiger partial charge in [-0.3, -0.25) is 4.79 Å². The van der Waals surface area contributed by atoms with E-state index in [9.17, 15) is 14.3 Å². The molecular formula is C14H14FNO3S. The van der Waals surface area contributed by atoms with E-state index in [1.807, 2.05) is 12.3 Å². The summed E-state index contributed by atoms with van der Waals surface area (Å²) in [5.74, 6) is -1.26. The van der Waals surface area contributed by atoms with Gasteiger partial charge in [-0.1, -0.05) is 6.07 Å². The quantitative estimate of drug-likeness (QED) is 0.867. The van der Waals surface area contributed by atoms with Crippen LogP contribution in [0.3, 0.4) is 0 Å². The molecule has 1 aliphatic heterocycles. The average Bonchev–Trinajstić information content (AvgIpc) is 2.42. The number of hydrogen-bond donors (Lipinski definition) is 1. The van der Waals surface area contributed by atoms with Gasteiger partial charge in [-0.25, -0.2) is 9.38 Å². The smallest absolute Gasteiger partial charge is 0.319 e. The van der Waals surface area contributed by atoms with Crippen molar-refractivity contribution < 1.29 is 19.0 Å². The topological polar surface area (TPSA) is 58.9 Å². The molecule has 2 rings (SSSR count). The lowest BCUT2D eigenvalue weighted by Gasteiger charge is -2.27. The van der Waals surface area contributed by atoms with Crippen LogP contribution in [0.25, 0.3) is 0 Å². The van der Waals surface area contributed by atoms with Crippen molar-refractivity contribution in [2.24, 2.45) is 10.4 Å². The fraction of sp³-hybridized carbons (Fsp3) is 0.286. The summed E-state index contributed by atoms with van der Waals surface area (Å²) in [4.78, 5) is 16.2. The highest BCUT2D eigenvalue weighted by atomic mass is 32.2. The molecule has 4 nitrogen and oxygen atoms in total. The zero-order valence-electron chi connectivity index (χ0n) is 11.1. The molecule has 0 saturated heterocycles. The maximum Gasteiger partial charge on any atom is 0.319 e. The largest absolute Gasteiger partial charge is 0.480 e. The van der Waals surface area contributed by atoms with Crippen LogP contribution < -0.4 is 4.74 Å². The van der Waals surface area contributed by atoms with Gasteiger partial charge in [0.05, 0.1) is 6.20 Å². The summed E-state index contributed by atoms with van der Waals surface area (Å²) in [5, 5.41) is 9.31. The maximum absolute atomic E-state index is 13.3. The second-order valence-electron chi connectivity index (χ2n) is 4.61. The van der Waals surface area contributed by atoms with Crippen molar-refractivity contribution in [3.05, 3.63) is 36.3 Å². The van der Waals surface area contributed by atoms with Gasteiger partial charge in [0, 0.05) is 11.3 Å². The van der Waals surface area contributed by atoms with E-state index in [0.29, 0.717) is 5.75 Å². The average molecular weight is 295 g/mol. The molecule has 0 saturated carbocycles. The molecule has 0 radical (unpaired) electrons. The Morgan fingerprint density at radius 2 is 2.30 bits per heavy atom. The Labute approximate surface area is 120 Å². The molecule has 1 aromatic rings. The van der Waals surface area contributed by atoms with Gasteiger partial charge in [-0.15, -0.1) is 11.8 Å². The minimum absolute atomic E-state index is 0.00958. The van der Waals surface area contributed by atoms with Crippen molar-refractivity contribution in [2.45, 2.75) is 18.2 Å². The molecule has 1 N–H and O–H groups in total. The molecule has 0 spiro atoms. The number of thioether (sulfide) groups is 1. The molecule has 1 heterocycles. The first-order valence-electron chi connectivity index (χ1n) is 5.94. The summed E-state index contributed by atoms with van der Waals surface area (Å²) < 4.78 is 18.9. The monoisotopic (exact) mass is 295 g/mol. The van der Waals surface area contributed by atoms with E-state index in [2.05, 4.69) is 4.99 Å². The first-order valence-corrected chi connectivity index (χ1v) is 7.16. The fourth-order valence-electron chi connectivity index (χ4n) is 1.81. The lowest BCUT2D eigenvalue weighted by molar-refractivity contribution is -0.144. The van der Waals surface area contributed by atoms with Crippen LogP contribution in [0.1, 0.15) is 13.3 Å². The summed E-state index contributed by atoms with van der Waals surface area (Å²) in [6, 6.07) is 7.21. The summed E-state index contributed by atoms with van der Waals surface area (Å²) in [5.41, 5.74) is -1.49.